The van der Waals surface area contributed by atoms with E-state index in [1.807, 2.05) is 0 Å². The van der Waals surface area contributed by atoms with Crippen LogP contribution in [0.2, 0.25) is 5.02 Å². The van der Waals surface area contributed by atoms with Crippen LogP contribution in [0.4, 0.5) is 0 Å². The Morgan fingerprint density at radius 1 is 1.23 bits per heavy atom. The Hall–Kier alpha value is -1.75. The summed E-state index contributed by atoms with van der Waals surface area (Å²) in [5, 5.41) is 10.0. The van der Waals surface area contributed by atoms with Gasteiger partial charge in [0.05, 0.1) is 0 Å². The van der Waals surface area contributed by atoms with E-state index in [0.717, 1.165) is 25.7 Å². The molecular weight excluding hydrogens is 306 g/mol. The number of rotatable bonds is 3. The molecule has 1 aromatic carbocycles. The third-order valence-electron chi connectivity index (χ3n) is 3.73. The average Bonchev–Trinajstić information content (AvgIpc) is 2.77. The standard InChI is InChI=1S/C16H20ClNO4/c1-11(15(20)18-8-4-2-3-5-9-18)22-16(21)13-10-12(17)6-7-14(13)19/h6-7,10-11,19H,2-5,8-9H2,1H3. The second kappa shape index (κ2) is 7.49. The summed E-state index contributed by atoms with van der Waals surface area (Å²) in [6.45, 7) is 2.94. The predicted molar refractivity (Wildman–Crippen MR) is 83.0 cm³/mol. The first-order valence-corrected chi connectivity index (χ1v) is 7.85. The maximum absolute atomic E-state index is 12.3. The van der Waals surface area contributed by atoms with Crippen molar-refractivity contribution in [3.8, 4) is 5.75 Å². The van der Waals surface area contributed by atoms with Crippen molar-refractivity contribution in [2.24, 2.45) is 0 Å². The number of likely N-dealkylation sites (tertiary alicyclic amines) is 1. The van der Waals surface area contributed by atoms with Crippen LogP contribution in [0, 0.1) is 0 Å². The molecule has 0 radical (unpaired) electrons. The normalized spacial score (nSPS) is 16.7. The molecule has 1 fully saturated rings. The number of carbonyl (C=O) groups excluding carboxylic acids is 2. The summed E-state index contributed by atoms with van der Waals surface area (Å²) in [4.78, 5) is 26.1. The van der Waals surface area contributed by atoms with E-state index in [-0.39, 0.29) is 17.2 Å². The number of amides is 1. The van der Waals surface area contributed by atoms with Gasteiger partial charge < -0.3 is 14.7 Å². The van der Waals surface area contributed by atoms with Crippen LogP contribution in [0.15, 0.2) is 18.2 Å². The summed E-state index contributed by atoms with van der Waals surface area (Å²) in [7, 11) is 0. The molecule has 0 bridgehead atoms. The number of esters is 1. The van der Waals surface area contributed by atoms with Crippen molar-refractivity contribution in [2.75, 3.05) is 13.1 Å². The number of phenolic OH excluding ortho intramolecular Hbond substituents is 1. The smallest absolute Gasteiger partial charge is 0.342 e. The Kier molecular flexibility index (Phi) is 5.66. The van der Waals surface area contributed by atoms with Crippen molar-refractivity contribution < 1.29 is 19.4 Å². The van der Waals surface area contributed by atoms with E-state index in [4.69, 9.17) is 16.3 Å². The molecule has 6 heteroatoms. The zero-order valence-electron chi connectivity index (χ0n) is 12.5. The van der Waals surface area contributed by atoms with Gasteiger partial charge in [-0.2, -0.15) is 0 Å². The summed E-state index contributed by atoms with van der Waals surface area (Å²) >= 11 is 5.81. The van der Waals surface area contributed by atoms with Gasteiger partial charge in [-0.15, -0.1) is 0 Å². The van der Waals surface area contributed by atoms with Gasteiger partial charge in [0.1, 0.15) is 11.3 Å². The quantitative estimate of drug-likeness (QED) is 0.868. The lowest BCUT2D eigenvalue weighted by Crippen LogP contribution is -2.40. The Balaban J connectivity index is 2.01. The molecule has 1 heterocycles. The summed E-state index contributed by atoms with van der Waals surface area (Å²) < 4.78 is 5.18. The Labute approximate surface area is 134 Å². The maximum Gasteiger partial charge on any atom is 0.342 e. The second-order valence-corrected chi connectivity index (χ2v) is 5.88. The molecule has 1 amide bonds. The third kappa shape index (κ3) is 4.13. The van der Waals surface area contributed by atoms with Gasteiger partial charge in [0.15, 0.2) is 6.10 Å². The predicted octanol–water partition coefficient (Wildman–Crippen LogP) is 2.99. The fraction of sp³-hybridized carbons (Fsp3) is 0.500. The largest absolute Gasteiger partial charge is 0.507 e. The SMILES string of the molecule is CC(OC(=O)c1cc(Cl)ccc1O)C(=O)N1CCCCCC1. The van der Waals surface area contributed by atoms with Gasteiger partial charge in [0.2, 0.25) is 0 Å². The van der Waals surface area contributed by atoms with Gasteiger partial charge in [-0.3, -0.25) is 4.79 Å². The zero-order chi connectivity index (χ0) is 16.1. The number of carbonyl (C=O) groups is 2. The van der Waals surface area contributed by atoms with E-state index in [9.17, 15) is 14.7 Å². The molecule has 1 atom stereocenters. The number of ether oxygens (including phenoxy) is 1. The minimum atomic E-state index is -0.885. The van der Waals surface area contributed by atoms with Crippen LogP contribution in [0.25, 0.3) is 0 Å². The molecule has 0 aliphatic carbocycles. The van der Waals surface area contributed by atoms with Gasteiger partial charge in [-0.1, -0.05) is 24.4 Å². The van der Waals surface area contributed by atoms with E-state index in [1.54, 1.807) is 11.8 Å². The lowest BCUT2D eigenvalue weighted by atomic mass is 10.2. The first kappa shape index (κ1) is 16.6. The molecule has 1 aromatic rings. The number of benzene rings is 1. The summed E-state index contributed by atoms with van der Waals surface area (Å²) in [6, 6.07) is 4.11. The van der Waals surface area contributed by atoms with Crippen LogP contribution in [0.1, 0.15) is 43.0 Å². The van der Waals surface area contributed by atoms with Crippen LogP contribution in [0.3, 0.4) is 0 Å². The van der Waals surface area contributed by atoms with Crippen LogP contribution >= 0.6 is 11.6 Å². The molecular formula is C16H20ClNO4. The molecule has 1 unspecified atom stereocenters. The van der Waals surface area contributed by atoms with Gasteiger partial charge in [-0.05, 0) is 38.0 Å². The highest BCUT2D eigenvalue weighted by atomic mass is 35.5. The summed E-state index contributed by atoms with van der Waals surface area (Å²) in [5.74, 6) is -1.17. The van der Waals surface area contributed by atoms with Crippen molar-refractivity contribution in [3.05, 3.63) is 28.8 Å². The van der Waals surface area contributed by atoms with Gasteiger partial charge >= 0.3 is 5.97 Å². The van der Waals surface area contributed by atoms with Crippen molar-refractivity contribution >= 4 is 23.5 Å². The van der Waals surface area contributed by atoms with Crippen LogP contribution in [-0.4, -0.2) is 41.1 Å². The fourth-order valence-electron chi connectivity index (χ4n) is 2.49. The minimum Gasteiger partial charge on any atom is -0.507 e. The maximum atomic E-state index is 12.3. The molecule has 2 rings (SSSR count). The van der Waals surface area contributed by atoms with Crippen molar-refractivity contribution in [3.63, 3.8) is 0 Å². The number of hydrogen-bond donors (Lipinski definition) is 1. The molecule has 1 aliphatic heterocycles. The van der Waals surface area contributed by atoms with Gasteiger partial charge in [0, 0.05) is 18.1 Å². The topological polar surface area (TPSA) is 66.8 Å². The van der Waals surface area contributed by atoms with Crippen LogP contribution in [0.5, 0.6) is 5.75 Å². The van der Waals surface area contributed by atoms with Crippen LogP contribution in [-0.2, 0) is 9.53 Å². The molecule has 120 valence electrons. The highest BCUT2D eigenvalue weighted by molar-refractivity contribution is 6.31. The van der Waals surface area contributed by atoms with Crippen molar-refractivity contribution in [2.45, 2.75) is 38.7 Å². The Morgan fingerprint density at radius 3 is 2.50 bits per heavy atom. The summed E-state index contributed by atoms with van der Waals surface area (Å²) in [5.41, 5.74) is -0.0389. The number of hydrogen-bond acceptors (Lipinski definition) is 4. The third-order valence-corrected chi connectivity index (χ3v) is 3.96. The lowest BCUT2D eigenvalue weighted by Gasteiger charge is -2.24. The fourth-order valence-corrected chi connectivity index (χ4v) is 2.67. The van der Waals surface area contributed by atoms with Crippen molar-refractivity contribution in [1.29, 1.82) is 0 Å². The lowest BCUT2D eigenvalue weighted by molar-refractivity contribution is -0.139. The number of phenols is 1. The van der Waals surface area contributed by atoms with Crippen molar-refractivity contribution in [1.82, 2.24) is 4.90 Å². The molecule has 0 aromatic heterocycles. The Bertz CT molecular complexity index is 553. The Morgan fingerprint density at radius 2 is 1.86 bits per heavy atom. The molecule has 22 heavy (non-hydrogen) atoms. The van der Waals surface area contributed by atoms with Gasteiger partial charge in [0.25, 0.3) is 5.91 Å². The highest BCUT2D eigenvalue weighted by Gasteiger charge is 2.25. The first-order valence-electron chi connectivity index (χ1n) is 7.47. The van der Waals surface area contributed by atoms with E-state index in [0.29, 0.717) is 18.1 Å². The second-order valence-electron chi connectivity index (χ2n) is 5.45. The molecule has 5 nitrogen and oxygen atoms in total. The number of nitrogens with zero attached hydrogens (tertiary/aromatic N) is 1. The van der Waals surface area contributed by atoms with Gasteiger partial charge in [-0.25, -0.2) is 4.79 Å². The molecule has 0 saturated carbocycles. The first-order chi connectivity index (χ1) is 10.5. The molecule has 1 N–H and O–H groups in total. The molecule has 0 spiro atoms. The number of halogens is 1. The van der Waals surface area contributed by atoms with Crippen LogP contribution < -0.4 is 0 Å². The monoisotopic (exact) mass is 325 g/mol. The van der Waals surface area contributed by atoms with E-state index >= 15 is 0 Å². The summed E-state index contributed by atoms with van der Waals surface area (Å²) in [6.07, 6.45) is 3.30. The zero-order valence-corrected chi connectivity index (χ0v) is 13.3. The van der Waals surface area contributed by atoms with E-state index < -0.39 is 12.1 Å². The highest BCUT2D eigenvalue weighted by Crippen LogP contribution is 2.23. The number of aromatic hydroxyl groups is 1. The molecule has 1 aliphatic rings. The molecule has 1 saturated heterocycles. The van der Waals surface area contributed by atoms with E-state index in [1.165, 1.54) is 18.2 Å². The minimum absolute atomic E-state index is 0.0389. The van der Waals surface area contributed by atoms with E-state index in [2.05, 4.69) is 0 Å². The average molecular weight is 326 g/mol.